The summed E-state index contributed by atoms with van der Waals surface area (Å²) in [6, 6.07) is 8.57. The van der Waals surface area contributed by atoms with Crippen LogP contribution < -0.4 is 0 Å². The fourth-order valence-corrected chi connectivity index (χ4v) is 4.12. The van der Waals surface area contributed by atoms with Gasteiger partial charge in [0.25, 0.3) is 0 Å². The molecule has 0 saturated heterocycles. The van der Waals surface area contributed by atoms with Gasteiger partial charge < -0.3 is 0 Å². The van der Waals surface area contributed by atoms with E-state index in [4.69, 9.17) is 0 Å². The first-order chi connectivity index (χ1) is 13.5. The second-order valence-corrected chi connectivity index (χ2v) is 7.91. The third-order valence-electron chi connectivity index (χ3n) is 5.80. The zero-order valence-corrected chi connectivity index (χ0v) is 16.4. The minimum Gasteiger partial charge on any atom is -0.206 e. The van der Waals surface area contributed by atoms with E-state index in [-0.39, 0.29) is 11.4 Å². The molecule has 0 aliphatic heterocycles. The lowest BCUT2D eigenvalue weighted by Crippen LogP contribution is -2.15. The Bertz CT molecular complexity index is 852. The Kier molecular flexibility index (Phi) is 7.20. The normalized spacial score (nSPS) is 19.1. The summed E-state index contributed by atoms with van der Waals surface area (Å²) in [5.41, 5.74) is 1.58. The Morgan fingerprint density at radius 3 is 2.14 bits per heavy atom. The first kappa shape index (κ1) is 20.5. The van der Waals surface area contributed by atoms with E-state index in [1.165, 1.54) is 44.6 Å². The van der Waals surface area contributed by atoms with E-state index >= 15 is 0 Å². The molecule has 0 N–H and O–H groups in total. The van der Waals surface area contributed by atoms with Crippen LogP contribution in [0.5, 0.6) is 0 Å². The van der Waals surface area contributed by atoms with Crippen LogP contribution in [0, 0.1) is 41.1 Å². The summed E-state index contributed by atoms with van der Waals surface area (Å²) in [7, 11) is 0. The molecule has 0 heterocycles. The molecule has 1 saturated carbocycles. The molecule has 2 aromatic carbocycles. The number of rotatable bonds is 5. The lowest BCUT2D eigenvalue weighted by Gasteiger charge is -2.28. The molecule has 28 heavy (non-hydrogen) atoms. The van der Waals surface area contributed by atoms with Gasteiger partial charge in [-0.15, -0.1) is 0 Å². The largest absolute Gasteiger partial charge is 0.206 e. The molecule has 0 nitrogen and oxygen atoms in total. The van der Waals surface area contributed by atoms with Gasteiger partial charge in [-0.25, -0.2) is 13.2 Å². The maximum absolute atomic E-state index is 14.4. The SMILES string of the molecule is CCC[C@H]1CC[C@H](CCc2ccc(C#Cc3ccc(F)c(F)c3)c(F)c2)CC1. The summed E-state index contributed by atoms with van der Waals surface area (Å²) in [6.45, 7) is 2.26. The number of benzene rings is 2. The lowest BCUT2D eigenvalue weighted by atomic mass is 9.78. The van der Waals surface area contributed by atoms with E-state index in [1.807, 2.05) is 6.07 Å². The van der Waals surface area contributed by atoms with Gasteiger partial charge in [0.05, 0.1) is 5.56 Å². The quantitative estimate of drug-likeness (QED) is 0.485. The van der Waals surface area contributed by atoms with Crippen LogP contribution in [-0.2, 0) is 6.42 Å². The predicted octanol–water partition coefficient (Wildman–Crippen LogP) is 7.04. The van der Waals surface area contributed by atoms with Gasteiger partial charge in [0.2, 0.25) is 0 Å². The molecule has 0 unspecified atom stereocenters. The summed E-state index contributed by atoms with van der Waals surface area (Å²) < 4.78 is 40.5. The molecule has 0 radical (unpaired) electrons. The van der Waals surface area contributed by atoms with Crippen LogP contribution in [0.15, 0.2) is 36.4 Å². The monoisotopic (exact) mass is 384 g/mol. The molecular weight excluding hydrogens is 357 g/mol. The molecule has 0 aromatic heterocycles. The van der Waals surface area contributed by atoms with Gasteiger partial charge in [-0.3, -0.25) is 0 Å². The van der Waals surface area contributed by atoms with Crippen molar-refractivity contribution in [3.05, 3.63) is 70.5 Å². The Balaban J connectivity index is 1.56. The fourth-order valence-electron chi connectivity index (χ4n) is 4.12. The summed E-state index contributed by atoms with van der Waals surface area (Å²) in [6.07, 6.45) is 9.90. The Morgan fingerprint density at radius 1 is 0.786 bits per heavy atom. The van der Waals surface area contributed by atoms with E-state index < -0.39 is 11.6 Å². The Morgan fingerprint density at radius 2 is 1.50 bits per heavy atom. The van der Waals surface area contributed by atoms with Crippen molar-refractivity contribution in [2.45, 2.75) is 58.3 Å². The van der Waals surface area contributed by atoms with Crippen molar-refractivity contribution >= 4 is 0 Å². The zero-order valence-electron chi connectivity index (χ0n) is 16.4. The second-order valence-electron chi connectivity index (χ2n) is 7.91. The second kappa shape index (κ2) is 9.82. The highest BCUT2D eigenvalue weighted by Gasteiger charge is 2.20. The number of hydrogen-bond acceptors (Lipinski definition) is 0. The van der Waals surface area contributed by atoms with E-state index in [0.29, 0.717) is 5.56 Å². The average Bonchev–Trinajstić information content (AvgIpc) is 2.69. The van der Waals surface area contributed by atoms with E-state index in [9.17, 15) is 13.2 Å². The van der Waals surface area contributed by atoms with Crippen LogP contribution in [0.2, 0.25) is 0 Å². The van der Waals surface area contributed by atoms with Crippen molar-refractivity contribution in [2.75, 3.05) is 0 Å². The van der Waals surface area contributed by atoms with Crippen LogP contribution in [0.1, 0.15) is 68.6 Å². The molecule has 1 fully saturated rings. The molecule has 0 spiro atoms. The first-order valence-electron chi connectivity index (χ1n) is 10.3. The summed E-state index contributed by atoms with van der Waals surface area (Å²) in [5, 5.41) is 0. The minimum atomic E-state index is -0.952. The Hall–Kier alpha value is -2.21. The fraction of sp³-hybridized carbons (Fsp3) is 0.440. The molecule has 0 bridgehead atoms. The van der Waals surface area contributed by atoms with Crippen molar-refractivity contribution in [3.8, 4) is 11.8 Å². The minimum absolute atomic E-state index is 0.272. The van der Waals surface area contributed by atoms with Gasteiger partial charge in [-0.1, -0.05) is 63.4 Å². The third kappa shape index (κ3) is 5.64. The van der Waals surface area contributed by atoms with Crippen LogP contribution in [-0.4, -0.2) is 0 Å². The van der Waals surface area contributed by atoms with Crippen LogP contribution in [0.4, 0.5) is 13.2 Å². The van der Waals surface area contributed by atoms with Crippen molar-refractivity contribution in [3.63, 3.8) is 0 Å². The topological polar surface area (TPSA) is 0 Å². The molecule has 1 aliphatic rings. The number of aryl methyl sites for hydroxylation is 1. The number of halogens is 3. The van der Waals surface area contributed by atoms with Crippen molar-refractivity contribution in [1.82, 2.24) is 0 Å². The maximum Gasteiger partial charge on any atom is 0.160 e. The standard InChI is InChI=1S/C25H27F3/c1-2-3-18-4-6-19(7-5-18)8-9-20-10-13-22(24(27)16-20)14-11-21-12-15-23(26)25(28)17-21/h10,12-13,15-19H,2-9H2,1H3/t18-,19-. The molecular formula is C25H27F3. The summed E-state index contributed by atoms with van der Waals surface area (Å²) in [4.78, 5) is 0. The van der Waals surface area contributed by atoms with Crippen molar-refractivity contribution < 1.29 is 13.2 Å². The molecule has 2 aromatic rings. The molecule has 148 valence electrons. The summed E-state index contributed by atoms with van der Waals surface area (Å²) >= 11 is 0. The molecule has 0 atom stereocenters. The van der Waals surface area contributed by atoms with Gasteiger partial charge in [0, 0.05) is 5.56 Å². The third-order valence-corrected chi connectivity index (χ3v) is 5.80. The Labute approximate surface area is 166 Å². The van der Waals surface area contributed by atoms with Gasteiger partial charge in [-0.2, -0.15) is 0 Å². The van der Waals surface area contributed by atoms with E-state index in [2.05, 4.69) is 18.8 Å². The van der Waals surface area contributed by atoms with Crippen LogP contribution in [0.25, 0.3) is 0 Å². The van der Waals surface area contributed by atoms with Gasteiger partial charge in [0.1, 0.15) is 5.82 Å². The van der Waals surface area contributed by atoms with Gasteiger partial charge >= 0.3 is 0 Å². The lowest BCUT2D eigenvalue weighted by molar-refractivity contribution is 0.252. The van der Waals surface area contributed by atoms with E-state index in [0.717, 1.165) is 42.4 Å². The first-order valence-corrected chi connectivity index (χ1v) is 10.3. The highest BCUT2D eigenvalue weighted by Crippen LogP contribution is 2.33. The molecule has 1 aliphatic carbocycles. The highest BCUT2D eigenvalue weighted by atomic mass is 19.2. The van der Waals surface area contributed by atoms with Crippen molar-refractivity contribution in [1.29, 1.82) is 0 Å². The van der Waals surface area contributed by atoms with E-state index in [1.54, 1.807) is 12.1 Å². The predicted molar refractivity (Wildman–Crippen MR) is 107 cm³/mol. The van der Waals surface area contributed by atoms with Gasteiger partial charge in [0.15, 0.2) is 11.6 Å². The molecule has 3 rings (SSSR count). The maximum atomic E-state index is 14.4. The highest BCUT2D eigenvalue weighted by molar-refractivity contribution is 5.44. The van der Waals surface area contributed by atoms with Crippen LogP contribution in [0.3, 0.4) is 0 Å². The van der Waals surface area contributed by atoms with Crippen LogP contribution >= 0.6 is 0 Å². The number of hydrogen-bond donors (Lipinski definition) is 0. The molecule has 0 amide bonds. The smallest absolute Gasteiger partial charge is 0.160 e. The molecule has 3 heteroatoms. The summed E-state index contributed by atoms with van der Waals surface area (Å²) in [5.74, 6) is 4.83. The zero-order chi connectivity index (χ0) is 19.9. The van der Waals surface area contributed by atoms with Gasteiger partial charge in [-0.05, 0) is 60.6 Å². The average molecular weight is 384 g/mol. The van der Waals surface area contributed by atoms with Crippen molar-refractivity contribution in [2.24, 2.45) is 11.8 Å².